The first-order valence-corrected chi connectivity index (χ1v) is 6.10. The molecule has 0 aromatic heterocycles. The standard InChI is InChI=1S/C14H17FO4/c1-4-18-13(16)12(14(17)19-5-2)10-7-6-9(3)11(15)8-10/h6-8,12H,4-5H2,1-3H3. The molecule has 0 aliphatic rings. The largest absolute Gasteiger partial charge is 0.465 e. The molecule has 1 aromatic rings. The van der Waals surface area contributed by atoms with E-state index in [1.165, 1.54) is 12.1 Å². The predicted molar refractivity (Wildman–Crippen MR) is 67.1 cm³/mol. The molecule has 0 atom stereocenters. The van der Waals surface area contributed by atoms with E-state index < -0.39 is 23.7 Å². The number of aryl methyl sites for hydroxylation is 1. The molecule has 0 unspecified atom stereocenters. The summed E-state index contributed by atoms with van der Waals surface area (Å²) in [6.07, 6.45) is 0. The third kappa shape index (κ3) is 3.77. The molecule has 4 nitrogen and oxygen atoms in total. The Kier molecular flexibility index (Phi) is 5.48. The van der Waals surface area contributed by atoms with Crippen molar-refractivity contribution in [1.82, 2.24) is 0 Å². The van der Waals surface area contributed by atoms with Crippen LogP contribution < -0.4 is 0 Å². The van der Waals surface area contributed by atoms with Gasteiger partial charge in [0.25, 0.3) is 0 Å². The normalized spacial score (nSPS) is 10.4. The summed E-state index contributed by atoms with van der Waals surface area (Å²) >= 11 is 0. The van der Waals surface area contributed by atoms with Crippen LogP contribution in [0.5, 0.6) is 0 Å². The first-order chi connectivity index (χ1) is 9.01. The summed E-state index contributed by atoms with van der Waals surface area (Å²) in [5.74, 6) is -3.18. The summed E-state index contributed by atoms with van der Waals surface area (Å²) < 4.78 is 23.2. The molecule has 0 fully saturated rings. The van der Waals surface area contributed by atoms with E-state index in [1.807, 2.05) is 0 Å². The van der Waals surface area contributed by atoms with Crippen molar-refractivity contribution < 1.29 is 23.5 Å². The maximum atomic E-state index is 13.5. The van der Waals surface area contributed by atoms with Crippen LogP contribution in [0.3, 0.4) is 0 Å². The van der Waals surface area contributed by atoms with Crippen molar-refractivity contribution >= 4 is 11.9 Å². The molecule has 0 radical (unpaired) electrons. The molecule has 0 saturated heterocycles. The van der Waals surface area contributed by atoms with Crippen molar-refractivity contribution in [3.63, 3.8) is 0 Å². The highest BCUT2D eigenvalue weighted by atomic mass is 19.1. The Balaban J connectivity index is 3.11. The Labute approximate surface area is 111 Å². The number of ether oxygens (including phenoxy) is 2. The number of esters is 2. The van der Waals surface area contributed by atoms with E-state index in [-0.39, 0.29) is 18.8 Å². The van der Waals surface area contributed by atoms with Gasteiger partial charge in [-0.1, -0.05) is 12.1 Å². The summed E-state index contributed by atoms with van der Waals surface area (Å²) in [4.78, 5) is 23.6. The van der Waals surface area contributed by atoms with Crippen LogP contribution in [-0.4, -0.2) is 25.2 Å². The van der Waals surface area contributed by atoms with Crippen molar-refractivity contribution in [2.24, 2.45) is 0 Å². The van der Waals surface area contributed by atoms with E-state index in [1.54, 1.807) is 20.8 Å². The summed E-state index contributed by atoms with van der Waals surface area (Å²) in [7, 11) is 0. The highest BCUT2D eigenvalue weighted by molar-refractivity contribution is 6.00. The Morgan fingerprint density at radius 3 is 2.11 bits per heavy atom. The molecule has 1 aromatic carbocycles. The van der Waals surface area contributed by atoms with Gasteiger partial charge in [0.2, 0.25) is 0 Å². The molecule has 104 valence electrons. The quantitative estimate of drug-likeness (QED) is 0.607. The van der Waals surface area contributed by atoms with Crippen LogP contribution in [0.1, 0.15) is 30.9 Å². The molecular weight excluding hydrogens is 251 g/mol. The van der Waals surface area contributed by atoms with E-state index in [2.05, 4.69) is 0 Å². The van der Waals surface area contributed by atoms with Gasteiger partial charge in [0.1, 0.15) is 5.82 Å². The number of hydrogen-bond donors (Lipinski definition) is 0. The van der Waals surface area contributed by atoms with Gasteiger partial charge in [0.15, 0.2) is 5.92 Å². The maximum Gasteiger partial charge on any atom is 0.324 e. The second kappa shape index (κ2) is 6.87. The molecular formula is C14H17FO4. The molecule has 0 N–H and O–H groups in total. The lowest BCUT2D eigenvalue weighted by Gasteiger charge is -2.15. The Hall–Kier alpha value is -1.91. The molecule has 1 rings (SSSR count). The lowest BCUT2D eigenvalue weighted by molar-refractivity contribution is -0.156. The van der Waals surface area contributed by atoms with E-state index in [4.69, 9.17) is 9.47 Å². The Bertz CT molecular complexity index is 453. The maximum absolute atomic E-state index is 13.5. The van der Waals surface area contributed by atoms with Gasteiger partial charge in [-0.2, -0.15) is 0 Å². The average molecular weight is 268 g/mol. The zero-order valence-corrected chi connectivity index (χ0v) is 11.2. The van der Waals surface area contributed by atoms with Crippen LogP contribution in [0.25, 0.3) is 0 Å². The first kappa shape index (κ1) is 15.1. The van der Waals surface area contributed by atoms with Gasteiger partial charge >= 0.3 is 11.9 Å². The molecule has 0 amide bonds. The van der Waals surface area contributed by atoms with Gasteiger partial charge in [-0.05, 0) is 38.0 Å². The number of carbonyl (C=O) groups is 2. The van der Waals surface area contributed by atoms with Gasteiger partial charge in [0.05, 0.1) is 13.2 Å². The molecule has 0 spiro atoms. The minimum absolute atomic E-state index is 0.142. The first-order valence-electron chi connectivity index (χ1n) is 6.10. The Morgan fingerprint density at radius 1 is 1.16 bits per heavy atom. The van der Waals surface area contributed by atoms with Crippen molar-refractivity contribution in [3.05, 3.63) is 35.1 Å². The zero-order valence-electron chi connectivity index (χ0n) is 11.2. The fourth-order valence-electron chi connectivity index (χ4n) is 1.61. The van der Waals surface area contributed by atoms with E-state index in [9.17, 15) is 14.0 Å². The number of benzene rings is 1. The number of halogens is 1. The fraction of sp³-hybridized carbons (Fsp3) is 0.429. The van der Waals surface area contributed by atoms with Gasteiger partial charge in [-0.15, -0.1) is 0 Å². The fourth-order valence-corrected chi connectivity index (χ4v) is 1.61. The van der Waals surface area contributed by atoms with Gasteiger partial charge in [-0.3, -0.25) is 9.59 Å². The van der Waals surface area contributed by atoms with E-state index in [0.717, 1.165) is 6.07 Å². The van der Waals surface area contributed by atoms with Crippen LogP contribution in [0.15, 0.2) is 18.2 Å². The molecule has 0 bridgehead atoms. The average Bonchev–Trinajstić information content (AvgIpc) is 2.34. The van der Waals surface area contributed by atoms with E-state index in [0.29, 0.717) is 5.56 Å². The van der Waals surface area contributed by atoms with Gasteiger partial charge in [-0.25, -0.2) is 4.39 Å². The molecule has 19 heavy (non-hydrogen) atoms. The predicted octanol–water partition coefficient (Wildman–Crippen LogP) is 2.34. The molecule has 0 saturated carbocycles. The summed E-state index contributed by atoms with van der Waals surface area (Å²) in [5, 5.41) is 0. The van der Waals surface area contributed by atoms with Crippen LogP contribution >= 0.6 is 0 Å². The summed E-state index contributed by atoms with van der Waals surface area (Å²) in [5.41, 5.74) is 0.676. The highest BCUT2D eigenvalue weighted by Gasteiger charge is 2.31. The lowest BCUT2D eigenvalue weighted by atomic mass is 9.98. The van der Waals surface area contributed by atoms with Crippen LogP contribution in [-0.2, 0) is 19.1 Å². The van der Waals surface area contributed by atoms with Crippen molar-refractivity contribution in [2.75, 3.05) is 13.2 Å². The van der Waals surface area contributed by atoms with Crippen LogP contribution in [0, 0.1) is 12.7 Å². The second-order valence-corrected chi connectivity index (χ2v) is 3.95. The Morgan fingerprint density at radius 2 is 1.68 bits per heavy atom. The minimum Gasteiger partial charge on any atom is -0.465 e. The van der Waals surface area contributed by atoms with Gasteiger partial charge < -0.3 is 9.47 Å². The minimum atomic E-state index is -1.24. The molecule has 0 heterocycles. The number of hydrogen-bond acceptors (Lipinski definition) is 4. The number of carbonyl (C=O) groups excluding carboxylic acids is 2. The zero-order chi connectivity index (χ0) is 14.4. The topological polar surface area (TPSA) is 52.6 Å². The summed E-state index contributed by atoms with van der Waals surface area (Å²) in [6.45, 7) is 5.15. The molecule has 5 heteroatoms. The summed E-state index contributed by atoms with van der Waals surface area (Å²) in [6, 6.07) is 4.20. The lowest BCUT2D eigenvalue weighted by Crippen LogP contribution is -2.26. The van der Waals surface area contributed by atoms with E-state index >= 15 is 0 Å². The monoisotopic (exact) mass is 268 g/mol. The van der Waals surface area contributed by atoms with Crippen LogP contribution in [0.4, 0.5) is 4.39 Å². The van der Waals surface area contributed by atoms with Crippen molar-refractivity contribution in [2.45, 2.75) is 26.7 Å². The number of rotatable bonds is 5. The molecule has 0 aliphatic heterocycles. The smallest absolute Gasteiger partial charge is 0.324 e. The van der Waals surface area contributed by atoms with Gasteiger partial charge in [0, 0.05) is 0 Å². The molecule has 0 aliphatic carbocycles. The third-order valence-corrected chi connectivity index (χ3v) is 2.57. The van der Waals surface area contributed by atoms with Crippen LogP contribution in [0.2, 0.25) is 0 Å². The second-order valence-electron chi connectivity index (χ2n) is 3.95. The highest BCUT2D eigenvalue weighted by Crippen LogP contribution is 2.22. The SMILES string of the molecule is CCOC(=O)C(C(=O)OCC)c1ccc(C)c(F)c1. The van der Waals surface area contributed by atoms with Crippen molar-refractivity contribution in [3.8, 4) is 0 Å². The third-order valence-electron chi connectivity index (χ3n) is 2.57. The van der Waals surface area contributed by atoms with Crippen molar-refractivity contribution in [1.29, 1.82) is 0 Å².